The lowest BCUT2D eigenvalue weighted by Crippen LogP contribution is -2.35. The first-order chi connectivity index (χ1) is 13.0. The number of carbonyl (C=O) groups is 1. The van der Waals surface area contributed by atoms with Gasteiger partial charge in [-0.1, -0.05) is 67.7 Å². The summed E-state index contributed by atoms with van der Waals surface area (Å²) in [4.78, 5) is 10.3. The number of allylic oxidation sites excluding steroid dienone is 8. The molecule has 0 spiro atoms. The highest BCUT2D eigenvalue weighted by molar-refractivity contribution is 5.66. The van der Waals surface area contributed by atoms with Gasteiger partial charge in [-0.25, -0.2) is 0 Å². The van der Waals surface area contributed by atoms with Crippen molar-refractivity contribution in [1.29, 1.82) is 0 Å². The molecule has 27 heavy (non-hydrogen) atoms. The lowest BCUT2D eigenvalue weighted by molar-refractivity contribution is -0.136. The summed E-state index contributed by atoms with van der Waals surface area (Å²) in [6, 6.07) is 0. The zero-order valence-corrected chi connectivity index (χ0v) is 16.2. The first-order valence-electron chi connectivity index (χ1n) is 9.51. The molecule has 0 aromatic carbocycles. The van der Waals surface area contributed by atoms with Gasteiger partial charge >= 0.3 is 5.97 Å². The van der Waals surface area contributed by atoms with E-state index in [1.54, 1.807) is 12.2 Å². The van der Waals surface area contributed by atoms with Crippen LogP contribution in [0.1, 0.15) is 51.9 Å². The highest BCUT2D eigenvalue weighted by Gasteiger charge is 2.21. The Morgan fingerprint density at radius 1 is 0.815 bits per heavy atom. The molecule has 5 nitrogen and oxygen atoms in total. The summed E-state index contributed by atoms with van der Waals surface area (Å²) in [5.74, 6) is -0.800. The van der Waals surface area contributed by atoms with Gasteiger partial charge in [0.2, 0.25) is 0 Å². The van der Waals surface area contributed by atoms with Gasteiger partial charge < -0.3 is 20.4 Å². The third kappa shape index (κ3) is 16.0. The van der Waals surface area contributed by atoms with Crippen molar-refractivity contribution in [2.75, 3.05) is 0 Å². The van der Waals surface area contributed by atoms with Gasteiger partial charge in [-0.15, -0.1) is 0 Å². The van der Waals surface area contributed by atoms with Crippen molar-refractivity contribution >= 4 is 5.97 Å². The van der Waals surface area contributed by atoms with Crippen LogP contribution in [0.4, 0.5) is 0 Å². The Morgan fingerprint density at radius 3 is 2.00 bits per heavy atom. The highest BCUT2D eigenvalue weighted by Crippen LogP contribution is 2.07. The van der Waals surface area contributed by atoms with E-state index in [0.717, 1.165) is 19.3 Å². The van der Waals surface area contributed by atoms with Gasteiger partial charge in [0.05, 0.1) is 6.10 Å². The Morgan fingerprint density at radius 2 is 1.37 bits per heavy atom. The summed E-state index contributed by atoms with van der Waals surface area (Å²) >= 11 is 0. The highest BCUT2D eigenvalue weighted by atomic mass is 16.4. The van der Waals surface area contributed by atoms with Crippen molar-refractivity contribution in [2.24, 2.45) is 0 Å². The molecule has 3 atom stereocenters. The molecular weight excluding hydrogens is 344 g/mol. The molecule has 0 aliphatic carbocycles. The number of aliphatic carboxylic acids is 1. The second-order valence-electron chi connectivity index (χ2n) is 6.15. The Hall–Kier alpha value is -1.95. The SMILES string of the molecule is CCC=CCC=CCC(O)C(O)C(O)C=CCC=CCC=CCCC(=O)O. The Balaban J connectivity index is 3.98. The van der Waals surface area contributed by atoms with E-state index < -0.39 is 24.3 Å². The maximum Gasteiger partial charge on any atom is 0.303 e. The van der Waals surface area contributed by atoms with Crippen LogP contribution in [0.2, 0.25) is 0 Å². The van der Waals surface area contributed by atoms with Gasteiger partial charge in [-0.3, -0.25) is 4.79 Å². The van der Waals surface area contributed by atoms with E-state index in [9.17, 15) is 20.1 Å². The molecule has 152 valence electrons. The molecule has 3 unspecified atom stereocenters. The summed E-state index contributed by atoms with van der Waals surface area (Å²) in [5.41, 5.74) is 0. The average Bonchev–Trinajstić information content (AvgIpc) is 2.64. The minimum absolute atomic E-state index is 0.140. The second-order valence-corrected chi connectivity index (χ2v) is 6.15. The third-order valence-electron chi connectivity index (χ3n) is 3.70. The van der Waals surface area contributed by atoms with Crippen LogP contribution in [0.5, 0.6) is 0 Å². The molecule has 0 aromatic rings. The predicted molar refractivity (Wildman–Crippen MR) is 109 cm³/mol. The maximum absolute atomic E-state index is 10.3. The van der Waals surface area contributed by atoms with Gasteiger partial charge in [0.15, 0.2) is 0 Å². The number of rotatable bonds is 15. The molecule has 0 amide bonds. The summed E-state index contributed by atoms with van der Waals surface area (Å²) in [6.07, 6.45) is 19.4. The van der Waals surface area contributed by atoms with Crippen LogP contribution in [0, 0.1) is 0 Å². The fourth-order valence-corrected chi connectivity index (χ4v) is 2.14. The molecule has 0 aliphatic rings. The first-order valence-corrected chi connectivity index (χ1v) is 9.51. The lowest BCUT2D eigenvalue weighted by atomic mass is 10.0. The van der Waals surface area contributed by atoms with E-state index in [4.69, 9.17) is 5.11 Å². The third-order valence-corrected chi connectivity index (χ3v) is 3.70. The smallest absolute Gasteiger partial charge is 0.303 e. The molecule has 5 heteroatoms. The molecular formula is C22H34O5. The lowest BCUT2D eigenvalue weighted by Gasteiger charge is -2.19. The largest absolute Gasteiger partial charge is 0.481 e. The fraction of sp³-hybridized carbons (Fsp3) is 0.500. The van der Waals surface area contributed by atoms with E-state index in [1.807, 2.05) is 36.5 Å². The van der Waals surface area contributed by atoms with E-state index in [0.29, 0.717) is 19.3 Å². The molecule has 0 aliphatic heterocycles. The second kappa shape index (κ2) is 17.5. The molecule has 0 saturated carbocycles. The summed E-state index contributed by atoms with van der Waals surface area (Å²) in [6.45, 7) is 2.06. The van der Waals surface area contributed by atoms with Crippen molar-refractivity contribution in [1.82, 2.24) is 0 Å². The van der Waals surface area contributed by atoms with Crippen molar-refractivity contribution in [3.8, 4) is 0 Å². The molecule has 0 heterocycles. The molecule has 0 fully saturated rings. The Labute approximate surface area is 162 Å². The zero-order valence-electron chi connectivity index (χ0n) is 16.2. The van der Waals surface area contributed by atoms with Crippen LogP contribution in [0.25, 0.3) is 0 Å². The van der Waals surface area contributed by atoms with Gasteiger partial charge in [0.25, 0.3) is 0 Å². The normalized spacial score (nSPS) is 16.3. The summed E-state index contributed by atoms with van der Waals surface area (Å²) in [5, 5.41) is 38.2. The van der Waals surface area contributed by atoms with E-state index in [2.05, 4.69) is 13.0 Å². The quantitative estimate of drug-likeness (QED) is 0.326. The van der Waals surface area contributed by atoms with Crippen LogP contribution in [-0.4, -0.2) is 44.7 Å². The van der Waals surface area contributed by atoms with Gasteiger partial charge in [0, 0.05) is 6.42 Å². The van der Waals surface area contributed by atoms with Crippen LogP contribution < -0.4 is 0 Å². The number of hydrogen-bond donors (Lipinski definition) is 4. The monoisotopic (exact) mass is 378 g/mol. The van der Waals surface area contributed by atoms with Gasteiger partial charge in [-0.2, -0.15) is 0 Å². The average molecular weight is 379 g/mol. The van der Waals surface area contributed by atoms with Crippen molar-refractivity contribution in [3.63, 3.8) is 0 Å². The molecule has 0 radical (unpaired) electrons. The fourth-order valence-electron chi connectivity index (χ4n) is 2.14. The van der Waals surface area contributed by atoms with Crippen LogP contribution >= 0.6 is 0 Å². The van der Waals surface area contributed by atoms with Gasteiger partial charge in [-0.05, 0) is 38.5 Å². The van der Waals surface area contributed by atoms with Crippen LogP contribution in [-0.2, 0) is 4.79 Å². The standard InChI is InChI=1S/C22H34O5/c1-2-3-4-5-10-13-16-19(23)22(27)20(24)17-14-11-8-6-7-9-12-15-18-21(25)26/h3-4,6,8-10,12-14,17,19-20,22-24,27H,2,5,7,11,15-16,18H2,1H3,(H,25,26). The van der Waals surface area contributed by atoms with E-state index >= 15 is 0 Å². The minimum Gasteiger partial charge on any atom is -0.481 e. The molecule has 0 aromatic heterocycles. The van der Waals surface area contributed by atoms with Crippen molar-refractivity contribution in [3.05, 3.63) is 60.8 Å². The van der Waals surface area contributed by atoms with Crippen LogP contribution in [0.3, 0.4) is 0 Å². The number of aliphatic hydroxyl groups is 3. The van der Waals surface area contributed by atoms with E-state index in [-0.39, 0.29) is 6.42 Å². The maximum atomic E-state index is 10.3. The van der Waals surface area contributed by atoms with Crippen LogP contribution in [0.15, 0.2) is 60.8 Å². The molecule has 0 bridgehead atoms. The molecule has 0 rings (SSSR count). The molecule has 0 saturated heterocycles. The van der Waals surface area contributed by atoms with Crippen molar-refractivity contribution in [2.45, 2.75) is 70.2 Å². The summed E-state index contributed by atoms with van der Waals surface area (Å²) < 4.78 is 0. The number of hydrogen-bond acceptors (Lipinski definition) is 4. The Bertz CT molecular complexity index is 517. The number of carboxylic acid groups (broad SMARTS) is 1. The Kier molecular flexibility index (Phi) is 16.2. The summed E-state index contributed by atoms with van der Waals surface area (Å²) in [7, 11) is 0. The topological polar surface area (TPSA) is 98.0 Å². The van der Waals surface area contributed by atoms with Crippen molar-refractivity contribution < 1.29 is 25.2 Å². The van der Waals surface area contributed by atoms with Gasteiger partial charge in [0.1, 0.15) is 12.2 Å². The first kappa shape index (κ1) is 25.1. The molecule has 4 N–H and O–H groups in total. The number of aliphatic hydroxyl groups excluding tert-OH is 3. The number of carboxylic acids is 1. The minimum atomic E-state index is -1.22. The van der Waals surface area contributed by atoms with E-state index in [1.165, 1.54) is 6.08 Å². The zero-order chi connectivity index (χ0) is 20.3. The predicted octanol–water partition coefficient (Wildman–Crippen LogP) is 3.69.